The molecule has 2 aromatic heterocycles. The highest BCUT2D eigenvalue weighted by Gasteiger charge is 2.10. The van der Waals surface area contributed by atoms with Gasteiger partial charge < -0.3 is 15.6 Å². The molecule has 0 radical (unpaired) electrons. The Bertz CT molecular complexity index is 1110. The summed E-state index contributed by atoms with van der Waals surface area (Å²) in [5.74, 6) is -0.0820. The van der Waals surface area contributed by atoms with Gasteiger partial charge in [0.05, 0.1) is 0 Å². The van der Waals surface area contributed by atoms with Gasteiger partial charge in [0.15, 0.2) is 0 Å². The van der Waals surface area contributed by atoms with Crippen molar-refractivity contribution in [1.82, 2.24) is 14.9 Å². The number of nitrogen functional groups attached to an aromatic ring is 1. The highest BCUT2D eigenvalue weighted by molar-refractivity contribution is 5.94. The van der Waals surface area contributed by atoms with Crippen molar-refractivity contribution in [2.45, 2.75) is 6.54 Å². The Morgan fingerprint density at radius 3 is 2.67 bits per heavy atom. The zero-order valence-electron chi connectivity index (χ0n) is 15.0. The lowest BCUT2D eigenvalue weighted by atomic mass is 10.0. The largest absolute Gasteiger partial charge is 0.399 e. The Morgan fingerprint density at radius 2 is 1.93 bits per heavy atom. The number of nitrogens with two attached hydrogens (primary N) is 1. The fourth-order valence-electron chi connectivity index (χ4n) is 3.28. The van der Waals surface area contributed by atoms with Gasteiger partial charge in [0.25, 0.3) is 5.91 Å². The van der Waals surface area contributed by atoms with E-state index in [1.165, 1.54) is 0 Å². The first-order valence-corrected chi connectivity index (χ1v) is 8.76. The molecule has 0 spiro atoms. The minimum atomic E-state index is -0.0820. The smallest absolute Gasteiger partial charge is 0.251 e. The number of carbonyl (C=O) groups is 1. The van der Waals surface area contributed by atoms with Gasteiger partial charge >= 0.3 is 0 Å². The van der Waals surface area contributed by atoms with Crippen molar-refractivity contribution in [3.63, 3.8) is 0 Å². The Kier molecular flexibility index (Phi) is 4.34. The SMILES string of the molecule is CNC(=O)c1ccc(Cn2ccc3c(-c4cccc(N)c4)ccnc32)cc1. The molecule has 0 saturated carbocycles. The molecule has 2 heterocycles. The highest BCUT2D eigenvalue weighted by atomic mass is 16.1. The third-order valence-corrected chi connectivity index (χ3v) is 4.66. The number of benzene rings is 2. The van der Waals surface area contributed by atoms with Gasteiger partial charge in [-0.25, -0.2) is 4.98 Å². The Balaban J connectivity index is 1.68. The van der Waals surface area contributed by atoms with E-state index in [-0.39, 0.29) is 5.91 Å². The maximum Gasteiger partial charge on any atom is 0.251 e. The van der Waals surface area contributed by atoms with Crippen LogP contribution in [0.25, 0.3) is 22.2 Å². The first kappa shape index (κ1) is 16.8. The van der Waals surface area contributed by atoms with E-state index in [9.17, 15) is 4.79 Å². The summed E-state index contributed by atoms with van der Waals surface area (Å²) in [5, 5.41) is 3.72. The predicted octanol–water partition coefficient (Wildman–Crippen LogP) is 3.69. The maximum atomic E-state index is 11.7. The summed E-state index contributed by atoms with van der Waals surface area (Å²) < 4.78 is 2.11. The van der Waals surface area contributed by atoms with E-state index in [1.807, 2.05) is 60.9 Å². The van der Waals surface area contributed by atoms with Crippen molar-refractivity contribution >= 4 is 22.6 Å². The maximum absolute atomic E-state index is 11.7. The summed E-state index contributed by atoms with van der Waals surface area (Å²) in [6.45, 7) is 0.685. The first-order chi connectivity index (χ1) is 13.2. The van der Waals surface area contributed by atoms with E-state index in [0.29, 0.717) is 12.1 Å². The standard InChI is InChI=1S/C22H20N4O/c1-24-22(27)16-7-5-15(6-8-16)14-26-12-10-20-19(9-11-25-21(20)26)17-3-2-4-18(23)13-17/h2-13H,14,23H2,1H3,(H,24,27). The number of pyridine rings is 1. The van der Waals surface area contributed by atoms with E-state index in [2.05, 4.69) is 27.0 Å². The molecule has 134 valence electrons. The van der Waals surface area contributed by atoms with Crippen LogP contribution < -0.4 is 11.1 Å². The Hall–Kier alpha value is -3.60. The van der Waals surface area contributed by atoms with Gasteiger partial charge in [-0.1, -0.05) is 24.3 Å². The monoisotopic (exact) mass is 356 g/mol. The summed E-state index contributed by atoms with van der Waals surface area (Å²) in [5.41, 5.74) is 11.6. The molecular weight excluding hydrogens is 336 g/mol. The second kappa shape index (κ2) is 6.96. The molecule has 1 amide bonds. The number of hydrogen-bond acceptors (Lipinski definition) is 3. The molecule has 27 heavy (non-hydrogen) atoms. The van der Waals surface area contributed by atoms with Crippen molar-refractivity contribution in [1.29, 1.82) is 0 Å². The van der Waals surface area contributed by atoms with E-state index in [4.69, 9.17) is 5.73 Å². The Labute approximate surface area is 157 Å². The summed E-state index contributed by atoms with van der Waals surface area (Å²) in [6, 6.07) is 19.6. The molecule has 4 rings (SSSR count). The summed E-state index contributed by atoms with van der Waals surface area (Å²) in [6.07, 6.45) is 3.87. The normalized spacial score (nSPS) is 10.9. The van der Waals surface area contributed by atoms with Gasteiger partial charge in [-0.2, -0.15) is 0 Å². The molecule has 0 atom stereocenters. The third kappa shape index (κ3) is 3.27. The number of amides is 1. The van der Waals surface area contributed by atoms with Crippen LogP contribution in [0, 0.1) is 0 Å². The van der Waals surface area contributed by atoms with Crippen LogP contribution >= 0.6 is 0 Å². The third-order valence-electron chi connectivity index (χ3n) is 4.66. The van der Waals surface area contributed by atoms with Crippen molar-refractivity contribution in [3.8, 4) is 11.1 Å². The quantitative estimate of drug-likeness (QED) is 0.548. The molecule has 0 aliphatic rings. The van der Waals surface area contributed by atoms with Crippen LogP contribution in [0.15, 0.2) is 73.1 Å². The van der Waals surface area contributed by atoms with Crippen LogP contribution in [0.5, 0.6) is 0 Å². The number of aromatic nitrogens is 2. The van der Waals surface area contributed by atoms with Crippen LogP contribution in [0.2, 0.25) is 0 Å². The van der Waals surface area contributed by atoms with Crippen molar-refractivity contribution in [2.24, 2.45) is 0 Å². The molecule has 0 bridgehead atoms. The summed E-state index contributed by atoms with van der Waals surface area (Å²) >= 11 is 0. The number of carbonyl (C=O) groups excluding carboxylic acids is 1. The van der Waals surface area contributed by atoms with Crippen LogP contribution in [-0.4, -0.2) is 22.5 Å². The minimum Gasteiger partial charge on any atom is -0.399 e. The van der Waals surface area contributed by atoms with Crippen LogP contribution in [-0.2, 0) is 6.54 Å². The van der Waals surface area contributed by atoms with Crippen molar-refractivity contribution in [2.75, 3.05) is 12.8 Å². The number of hydrogen-bond donors (Lipinski definition) is 2. The average Bonchev–Trinajstić information content (AvgIpc) is 3.11. The zero-order valence-corrected chi connectivity index (χ0v) is 15.0. The molecule has 0 unspecified atom stereocenters. The van der Waals surface area contributed by atoms with E-state index in [0.717, 1.165) is 33.4 Å². The van der Waals surface area contributed by atoms with Crippen molar-refractivity contribution in [3.05, 3.63) is 84.2 Å². The lowest BCUT2D eigenvalue weighted by Crippen LogP contribution is -2.17. The van der Waals surface area contributed by atoms with E-state index in [1.54, 1.807) is 7.05 Å². The predicted molar refractivity (Wildman–Crippen MR) is 109 cm³/mol. The summed E-state index contributed by atoms with van der Waals surface area (Å²) in [7, 11) is 1.63. The molecule has 0 aliphatic carbocycles. The fourth-order valence-corrected chi connectivity index (χ4v) is 3.28. The lowest BCUT2D eigenvalue weighted by molar-refractivity contribution is 0.0963. The molecule has 5 nitrogen and oxygen atoms in total. The lowest BCUT2D eigenvalue weighted by Gasteiger charge is -2.08. The van der Waals surface area contributed by atoms with Crippen LogP contribution in [0.1, 0.15) is 15.9 Å². The zero-order chi connectivity index (χ0) is 18.8. The van der Waals surface area contributed by atoms with Gasteiger partial charge in [0.1, 0.15) is 5.65 Å². The number of anilines is 1. The molecule has 0 saturated heterocycles. The summed E-state index contributed by atoms with van der Waals surface area (Å²) in [4.78, 5) is 16.3. The molecule has 0 aliphatic heterocycles. The second-order valence-electron chi connectivity index (χ2n) is 6.44. The first-order valence-electron chi connectivity index (χ1n) is 8.76. The van der Waals surface area contributed by atoms with Crippen LogP contribution in [0.4, 0.5) is 5.69 Å². The number of nitrogens with zero attached hydrogens (tertiary/aromatic N) is 2. The van der Waals surface area contributed by atoms with Gasteiger partial charge in [-0.15, -0.1) is 0 Å². The van der Waals surface area contributed by atoms with Gasteiger partial charge in [0.2, 0.25) is 0 Å². The molecule has 0 fully saturated rings. The van der Waals surface area contributed by atoms with E-state index >= 15 is 0 Å². The highest BCUT2D eigenvalue weighted by Crippen LogP contribution is 2.29. The molecule has 2 aromatic carbocycles. The van der Waals surface area contributed by atoms with E-state index < -0.39 is 0 Å². The number of rotatable bonds is 4. The molecule has 4 aromatic rings. The average molecular weight is 356 g/mol. The molecule has 5 heteroatoms. The van der Waals surface area contributed by atoms with Gasteiger partial charge in [0, 0.05) is 42.6 Å². The topological polar surface area (TPSA) is 72.9 Å². The number of fused-ring (bicyclic) bond motifs is 1. The van der Waals surface area contributed by atoms with Gasteiger partial charge in [-0.3, -0.25) is 4.79 Å². The second-order valence-corrected chi connectivity index (χ2v) is 6.44. The van der Waals surface area contributed by atoms with Crippen LogP contribution in [0.3, 0.4) is 0 Å². The Morgan fingerprint density at radius 1 is 1.11 bits per heavy atom. The fraction of sp³-hybridized carbons (Fsp3) is 0.0909. The van der Waals surface area contributed by atoms with Gasteiger partial charge in [-0.05, 0) is 53.1 Å². The minimum absolute atomic E-state index is 0.0820. The number of nitrogens with one attached hydrogen (secondary N) is 1. The molecule has 3 N–H and O–H groups in total. The molecular formula is C22H20N4O. The van der Waals surface area contributed by atoms with Crippen molar-refractivity contribution < 1.29 is 4.79 Å².